The van der Waals surface area contributed by atoms with E-state index >= 15 is 0 Å². The van der Waals surface area contributed by atoms with Crippen molar-refractivity contribution in [2.75, 3.05) is 20.6 Å². The van der Waals surface area contributed by atoms with Gasteiger partial charge in [-0.1, -0.05) is 52.0 Å². The summed E-state index contributed by atoms with van der Waals surface area (Å²) < 4.78 is 0.920. The van der Waals surface area contributed by atoms with Crippen molar-refractivity contribution in [2.45, 2.75) is 30.8 Å². The van der Waals surface area contributed by atoms with E-state index in [1.54, 1.807) is 6.21 Å². The molecular weight excluding hydrogens is 490 g/mol. The average molecular weight is 518 g/mol. The van der Waals surface area contributed by atoms with Gasteiger partial charge < -0.3 is 15.0 Å². The third-order valence-electron chi connectivity index (χ3n) is 6.19. The predicted molar refractivity (Wildman–Crippen MR) is 142 cm³/mol. The van der Waals surface area contributed by atoms with Crippen LogP contribution >= 0.6 is 15.9 Å². The molecule has 0 saturated carbocycles. The third-order valence-corrected chi connectivity index (χ3v) is 6.68. The Bertz CT molecular complexity index is 1360. The zero-order valence-electron chi connectivity index (χ0n) is 19.4. The Hall–Kier alpha value is -2.98. The van der Waals surface area contributed by atoms with Gasteiger partial charge in [-0.3, -0.25) is 9.79 Å². The summed E-state index contributed by atoms with van der Waals surface area (Å²) in [7, 11) is 4.07. The summed E-state index contributed by atoms with van der Waals surface area (Å²) in [6, 6.07) is 17.3. The Morgan fingerprint density at radius 3 is 2.65 bits per heavy atom. The molecule has 1 aliphatic rings. The number of H-pyrrole nitrogens is 1. The summed E-state index contributed by atoms with van der Waals surface area (Å²) in [4.78, 5) is 22.8. The molecule has 3 aromatic rings. The van der Waals surface area contributed by atoms with Crippen molar-refractivity contribution in [1.82, 2.24) is 9.88 Å². The molecule has 0 radical (unpaired) electrons. The van der Waals surface area contributed by atoms with E-state index in [1.807, 2.05) is 68.7 Å². The topological polar surface area (TPSA) is 68.7 Å². The number of aromatic nitrogens is 1. The van der Waals surface area contributed by atoms with Crippen LogP contribution in [-0.4, -0.2) is 47.4 Å². The van der Waals surface area contributed by atoms with E-state index in [-0.39, 0.29) is 5.56 Å². The molecule has 5 nitrogen and oxygen atoms in total. The van der Waals surface area contributed by atoms with Crippen LogP contribution in [0.3, 0.4) is 0 Å². The number of nitrogens with zero attached hydrogens (tertiary/aromatic N) is 2. The summed E-state index contributed by atoms with van der Waals surface area (Å²) in [6.07, 6.45) is 5.30. The lowest BCUT2D eigenvalue weighted by Crippen LogP contribution is -2.42. The summed E-state index contributed by atoms with van der Waals surface area (Å²) in [5.41, 5.74) is 6.99. The second kappa shape index (κ2) is 10.5. The number of benzene rings is 2. The van der Waals surface area contributed by atoms with Crippen LogP contribution in [0.1, 0.15) is 36.3 Å². The SMILES string of the molecule is CN(C)CCCCC(O)(C1=C=C=CN=C1)C(c1ccccc1)c1cc2cc(Br)ccc2[nH]c1=O. The molecule has 2 heterocycles. The number of pyridine rings is 1. The average Bonchev–Trinajstić information content (AvgIpc) is 2.84. The number of unbranched alkanes of at least 4 members (excludes halogenated alkanes) is 1. The molecule has 174 valence electrons. The van der Waals surface area contributed by atoms with Crippen LogP contribution in [0.4, 0.5) is 0 Å². The Kier molecular flexibility index (Phi) is 7.47. The number of aliphatic hydroxyl groups is 1. The number of halogens is 1. The first kappa shape index (κ1) is 24.2. The monoisotopic (exact) mass is 517 g/mol. The van der Waals surface area contributed by atoms with Crippen molar-refractivity contribution in [3.05, 3.63) is 104 Å². The summed E-state index contributed by atoms with van der Waals surface area (Å²) in [5.74, 6) is -0.617. The standard InChI is InChI=1S/C28H28BrN3O2/c1-32(2)16-7-6-14-28(34,22-11-8-15-30-19-22)26(20-9-4-3-5-10-20)24-18-21-17-23(29)12-13-25(21)31-27(24)33/h3-5,9-10,12-13,15,17-19,26,34H,6-7,14,16H2,1-2H3,(H,31,33). The summed E-state index contributed by atoms with van der Waals surface area (Å²) in [5, 5.41) is 13.3. The van der Waals surface area contributed by atoms with E-state index in [2.05, 4.69) is 42.3 Å². The molecule has 0 spiro atoms. The van der Waals surface area contributed by atoms with Crippen molar-refractivity contribution in [3.63, 3.8) is 0 Å². The number of aromatic amines is 1. The first-order valence-corrected chi connectivity index (χ1v) is 12.2. The second-order valence-electron chi connectivity index (χ2n) is 8.90. The highest BCUT2D eigenvalue weighted by Crippen LogP contribution is 2.42. The first-order chi connectivity index (χ1) is 16.4. The number of fused-ring (bicyclic) bond motifs is 1. The molecule has 0 amide bonds. The van der Waals surface area contributed by atoms with E-state index < -0.39 is 11.5 Å². The lowest BCUT2D eigenvalue weighted by molar-refractivity contribution is 0.0548. The summed E-state index contributed by atoms with van der Waals surface area (Å²) >= 11 is 3.52. The molecule has 1 aliphatic heterocycles. The van der Waals surface area contributed by atoms with Crippen LogP contribution in [0.5, 0.6) is 0 Å². The molecule has 2 aromatic carbocycles. The number of aliphatic imine (C=N–C) groups is 1. The first-order valence-electron chi connectivity index (χ1n) is 11.4. The molecule has 2 N–H and O–H groups in total. The van der Waals surface area contributed by atoms with Gasteiger partial charge >= 0.3 is 0 Å². The smallest absolute Gasteiger partial charge is 0.252 e. The second-order valence-corrected chi connectivity index (χ2v) is 9.82. The van der Waals surface area contributed by atoms with E-state index in [0.29, 0.717) is 17.6 Å². The lowest BCUT2D eigenvalue weighted by Gasteiger charge is -2.37. The van der Waals surface area contributed by atoms with Gasteiger partial charge in [-0.2, -0.15) is 0 Å². The zero-order chi connectivity index (χ0) is 24.1. The van der Waals surface area contributed by atoms with Crippen molar-refractivity contribution in [1.29, 1.82) is 0 Å². The maximum absolute atomic E-state index is 13.4. The van der Waals surface area contributed by atoms with E-state index in [1.165, 1.54) is 6.20 Å². The van der Waals surface area contributed by atoms with Gasteiger partial charge in [0.05, 0.1) is 11.8 Å². The molecule has 6 heteroatoms. The van der Waals surface area contributed by atoms with Gasteiger partial charge in [0.15, 0.2) is 0 Å². The Morgan fingerprint density at radius 1 is 1.15 bits per heavy atom. The van der Waals surface area contributed by atoms with Crippen molar-refractivity contribution < 1.29 is 5.11 Å². The van der Waals surface area contributed by atoms with E-state index in [9.17, 15) is 9.90 Å². The van der Waals surface area contributed by atoms with Crippen LogP contribution in [0.2, 0.25) is 0 Å². The van der Waals surface area contributed by atoms with Crippen LogP contribution < -0.4 is 5.56 Å². The Balaban J connectivity index is 1.91. The fourth-order valence-electron chi connectivity index (χ4n) is 4.54. The minimum atomic E-state index is -1.40. The zero-order valence-corrected chi connectivity index (χ0v) is 21.0. The van der Waals surface area contributed by atoms with Gasteiger partial charge in [-0.15, -0.1) is 0 Å². The minimum absolute atomic E-state index is 0.219. The molecule has 0 fully saturated rings. The van der Waals surface area contributed by atoms with Crippen LogP contribution in [0.25, 0.3) is 10.9 Å². The molecule has 2 atom stereocenters. The Labute approximate surface area is 208 Å². The Morgan fingerprint density at radius 2 is 1.94 bits per heavy atom. The maximum atomic E-state index is 13.4. The minimum Gasteiger partial charge on any atom is -0.383 e. The number of hydrogen-bond donors (Lipinski definition) is 2. The van der Waals surface area contributed by atoms with Gasteiger partial charge in [-0.25, -0.2) is 0 Å². The quantitative estimate of drug-likeness (QED) is 0.304. The van der Waals surface area contributed by atoms with Gasteiger partial charge in [0.25, 0.3) is 5.56 Å². The van der Waals surface area contributed by atoms with Crippen molar-refractivity contribution in [2.24, 2.45) is 4.99 Å². The van der Waals surface area contributed by atoms with E-state index in [0.717, 1.165) is 40.3 Å². The molecule has 0 saturated heterocycles. The fourth-order valence-corrected chi connectivity index (χ4v) is 4.91. The highest BCUT2D eigenvalue weighted by molar-refractivity contribution is 9.10. The molecule has 2 unspecified atom stereocenters. The molecule has 1 aromatic heterocycles. The van der Waals surface area contributed by atoms with Crippen molar-refractivity contribution >= 4 is 33.0 Å². The number of hydrogen-bond acceptors (Lipinski definition) is 4. The van der Waals surface area contributed by atoms with Gasteiger partial charge in [0, 0.05) is 27.7 Å². The van der Waals surface area contributed by atoms with E-state index in [4.69, 9.17) is 0 Å². The molecular formula is C28H28BrN3O2. The number of nitrogens with one attached hydrogen (secondary N) is 1. The molecule has 34 heavy (non-hydrogen) atoms. The molecule has 0 bridgehead atoms. The predicted octanol–water partition coefficient (Wildman–Crippen LogP) is 5.16. The van der Waals surface area contributed by atoms with Crippen LogP contribution in [-0.2, 0) is 0 Å². The van der Waals surface area contributed by atoms with Crippen LogP contribution in [0.15, 0.2) is 92.1 Å². The number of rotatable bonds is 9. The molecule has 4 rings (SSSR count). The maximum Gasteiger partial charge on any atom is 0.252 e. The normalized spacial score (nSPS) is 15.5. The highest BCUT2D eigenvalue weighted by Gasteiger charge is 2.43. The van der Waals surface area contributed by atoms with Gasteiger partial charge in [-0.05, 0) is 80.8 Å². The third kappa shape index (κ3) is 5.23. The van der Waals surface area contributed by atoms with Gasteiger partial charge in [0.2, 0.25) is 0 Å². The fraction of sp³-hybridized carbons (Fsp3) is 0.286. The largest absolute Gasteiger partial charge is 0.383 e. The molecule has 0 aliphatic carbocycles. The van der Waals surface area contributed by atoms with Crippen molar-refractivity contribution in [3.8, 4) is 0 Å². The van der Waals surface area contributed by atoms with Gasteiger partial charge in [0.1, 0.15) is 5.60 Å². The lowest BCUT2D eigenvalue weighted by atomic mass is 9.71. The highest BCUT2D eigenvalue weighted by atomic mass is 79.9. The van der Waals surface area contributed by atoms with Crippen LogP contribution in [0, 0.1) is 0 Å². The summed E-state index contributed by atoms with van der Waals surface area (Å²) in [6.45, 7) is 0.916.